The molecule has 0 aromatic carbocycles. The van der Waals surface area contributed by atoms with Gasteiger partial charge in [0, 0.05) is 19.5 Å². The lowest BCUT2D eigenvalue weighted by atomic mass is 9.69. The maximum atomic E-state index is 11.8. The molecule has 0 aromatic heterocycles. The van der Waals surface area contributed by atoms with E-state index in [9.17, 15) is 9.59 Å². The molecule has 1 aliphatic heterocycles. The zero-order chi connectivity index (χ0) is 14.6. The summed E-state index contributed by atoms with van der Waals surface area (Å²) in [6, 6.07) is 0. The number of nitrogens with zero attached hydrogens (tertiary/aromatic N) is 1. The van der Waals surface area contributed by atoms with E-state index in [1.807, 2.05) is 0 Å². The third-order valence-corrected chi connectivity index (χ3v) is 4.65. The Labute approximate surface area is 119 Å². The number of carbonyl (C=O) groups excluding carboxylic acids is 1. The normalized spacial score (nSPS) is 29.4. The summed E-state index contributed by atoms with van der Waals surface area (Å²) in [4.78, 5) is 24.3. The van der Waals surface area contributed by atoms with Crippen molar-refractivity contribution in [2.24, 2.45) is 11.3 Å². The molecule has 1 saturated carbocycles. The van der Waals surface area contributed by atoms with E-state index in [1.54, 1.807) is 11.0 Å². The van der Waals surface area contributed by atoms with Gasteiger partial charge in [-0.3, -0.25) is 4.79 Å². The number of amides is 1. The second kappa shape index (κ2) is 6.29. The number of hydrogen-bond acceptors (Lipinski definition) is 3. The lowest BCUT2D eigenvalue weighted by Crippen LogP contribution is -2.35. The molecule has 2 aliphatic rings. The zero-order valence-corrected chi connectivity index (χ0v) is 11.8. The monoisotopic (exact) mass is 281 g/mol. The molecule has 0 bridgehead atoms. The van der Waals surface area contributed by atoms with E-state index < -0.39 is 5.97 Å². The number of hydrogen-bond donors (Lipinski definition) is 1. The average molecular weight is 281 g/mol. The largest absolute Gasteiger partial charge is 0.481 e. The predicted molar refractivity (Wildman–Crippen MR) is 74.4 cm³/mol. The van der Waals surface area contributed by atoms with E-state index in [4.69, 9.17) is 9.84 Å². The Morgan fingerprint density at radius 3 is 2.65 bits per heavy atom. The van der Waals surface area contributed by atoms with E-state index in [2.05, 4.69) is 6.58 Å². The van der Waals surface area contributed by atoms with E-state index in [0.717, 1.165) is 45.2 Å². The molecule has 1 amide bonds. The molecule has 5 heteroatoms. The lowest BCUT2D eigenvalue weighted by molar-refractivity contribution is -0.138. The van der Waals surface area contributed by atoms with Crippen molar-refractivity contribution in [1.82, 2.24) is 4.90 Å². The van der Waals surface area contributed by atoms with Crippen LogP contribution in [-0.2, 0) is 9.53 Å². The standard InChI is InChI=1S/C15H23NO4/c1-2-9-20-14(19)16-8-7-15(11-16)5-3-12(4-6-15)10-13(17)18/h2,12H,1,3-11H2,(H,17,18). The third kappa shape index (κ3) is 3.52. The van der Waals surface area contributed by atoms with Gasteiger partial charge >= 0.3 is 12.1 Å². The first kappa shape index (κ1) is 14.9. The molecule has 2 fully saturated rings. The summed E-state index contributed by atoms with van der Waals surface area (Å²) in [7, 11) is 0. The summed E-state index contributed by atoms with van der Waals surface area (Å²) >= 11 is 0. The minimum Gasteiger partial charge on any atom is -0.481 e. The Morgan fingerprint density at radius 1 is 1.35 bits per heavy atom. The van der Waals surface area contributed by atoms with Crippen molar-refractivity contribution in [1.29, 1.82) is 0 Å². The van der Waals surface area contributed by atoms with Crippen molar-refractivity contribution in [2.75, 3.05) is 19.7 Å². The molecule has 1 aliphatic carbocycles. The molecule has 1 heterocycles. The van der Waals surface area contributed by atoms with Crippen molar-refractivity contribution in [2.45, 2.75) is 38.5 Å². The van der Waals surface area contributed by atoms with Gasteiger partial charge in [-0.1, -0.05) is 12.7 Å². The Bertz CT molecular complexity index is 385. The smallest absolute Gasteiger partial charge is 0.410 e. The van der Waals surface area contributed by atoms with Gasteiger partial charge in [0.25, 0.3) is 0 Å². The first-order chi connectivity index (χ1) is 9.54. The number of carbonyl (C=O) groups is 2. The lowest BCUT2D eigenvalue weighted by Gasteiger charge is -2.36. The fraction of sp³-hybridized carbons (Fsp3) is 0.733. The van der Waals surface area contributed by atoms with Crippen molar-refractivity contribution >= 4 is 12.1 Å². The van der Waals surface area contributed by atoms with Crippen LogP contribution in [0.5, 0.6) is 0 Å². The third-order valence-electron chi connectivity index (χ3n) is 4.65. The molecule has 2 rings (SSSR count). The maximum Gasteiger partial charge on any atom is 0.410 e. The van der Waals surface area contributed by atoms with Gasteiger partial charge in [-0.15, -0.1) is 0 Å². The fourth-order valence-corrected chi connectivity index (χ4v) is 3.46. The minimum atomic E-state index is -0.702. The van der Waals surface area contributed by atoms with E-state index in [1.165, 1.54) is 0 Å². The number of carboxylic acid groups (broad SMARTS) is 1. The molecule has 112 valence electrons. The molecule has 0 unspecified atom stereocenters. The number of likely N-dealkylation sites (tertiary alicyclic amines) is 1. The highest BCUT2D eigenvalue weighted by atomic mass is 16.6. The van der Waals surface area contributed by atoms with Crippen LogP contribution in [0.4, 0.5) is 4.79 Å². The van der Waals surface area contributed by atoms with Crippen LogP contribution in [0.25, 0.3) is 0 Å². The van der Waals surface area contributed by atoms with Crippen LogP contribution < -0.4 is 0 Å². The summed E-state index contributed by atoms with van der Waals surface area (Å²) in [6.07, 6.45) is 6.57. The molecule has 1 saturated heterocycles. The Balaban J connectivity index is 1.82. The van der Waals surface area contributed by atoms with Gasteiger partial charge in [0.1, 0.15) is 6.61 Å². The molecule has 5 nitrogen and oxygen atoms in total. The Morgan fingerprint density at radius 2 is 2.05 bits per heavy atom. The molecule has 0 aromatic rings. The quantitative estimate of drug-likeness (QED) is 0.804. The molecular formula is C15H23NO4. The van der Waals surface area contributed by atoms with Crippen molar-refractivity contribution in [3.63, 3.8) is 0 Å². The molecule has 1 N–H and O–H groups in total. The van der Waals surface area contributed by atoms with Gasteiger partial charge in [-0.25, -0.2) is 4.79 Å². The van der Waals surface area contributed by atoms with Crippen LogP contribution in [0, 0.1) is 11.3 Å². The summed E-state index contributed by atoms with van der Waals surface area (Å²) < 4.78 is 5.07. The average Bonchev–Trinajstić information content (AvgIpc) is 2.83. The highest BCUT2D eigenvalue weighted by Gasteiger charge is 2.42. The second-order valence-electron chi connectivity index (χ2n) is 6.08. The Hall–Kier alpha value is -1.52. The molecule has 0 atom stereocenters. The van der Waals surface area contributed by atoms with E-state index >= 15 is 0 Å². The number of rotatable bonds is 4. The van der Waals surface area contributed by atoms with Crippen LogP contribution in [-0.4, -0.2) is 41.8 Å². The Kier molecular flexibility index (Phi) is 4.68. The predicted octanol–water partition coefficient (Wildman–Crippen LogP) is 2.67. The summed E-state index contributed by atoms with van der Waals surface area (Å²) in [5.74, 6) is -0.396. The SMILES string of the molecule is C=CCOC(=O)N1CCC2(CCC(CC(=O)O)CC2)C1. The van der Waals surface area contributed by atoms with Crippen LogP contribution in [0.15, 0.2) is 12.7 Å². The number of aliphatic carboxylic acids is 1. The highest BCUT2D eigenvalue weighted by molar-refractivity contribution is 5.68. The zero-order valence-electron chi connectivity index (χ0n) is 11.8. The van der Waals surface area contributed by atoms with Crippen molar-refractivity contribution in [3.05, 3.63) is 12.7 Å². The summed E-state index contributed by atoms with van der Waals surface area (Å²) in [6.45, 7) is 5.29. The molecule has 0 radical (unpaired) electrons. The van der Waals surface area contributed by atoms with Gasteiger partial charge in [0.05, 0.1) is 0 Å². The highest BCUT2D eigenvalue weighted by Crippen LogP contribution is 2.46. The summed E-state index contributed by atoms with van der Waals surface area (Å²) in [5.41, 5.74) is 0.197. The van der Waals surface area contributed by atoms with Crippen LogP contribution in [0.2, 0.25) is 0 Å². The summed E-state index contributed by atoms with van der Waals surface area (Å²) in [5, 5.41) is 8.84. The van der Waals surface area contributed by atoms with Crippen molar-refractivity contribution < 1.29 is 19.4 Å². The first-order valence-corrected chi connectivity index (χ1v) is 7.29. The molecule has 20 heavy (non-hydrogen) atoms. The van der Waals surface area contributed by atoms with Crippen LogP contribution in [0.3, 0.4) is 0 Å². The molecular weight excluding hydrogens is 258 g/mol. The van der Waals surface area contributed by atoms with Gasteiger partial charge in [-0.05, 0) is 43.4 Å². The van der Waals surface area contributed by atoms with Crippen LogP contribution in [0.1, 0.15) is 38.5 Å². The van der Waals surface area contributed by atoms with Gasteiger partial charge in [0.2, 0.25) is 0 Å². The van der Waals surface area contributed by atoms with Gasteiger partial charge < -0.3 is 14.7 Å². The van der Waals surface area contributed by atoms with E-state index in [0.29, 0.717) is 5.92 Å². The second-order valence-corrected chi connectivity index (χ2v) is 6.08. The maximum absolute atomic E-state index is 11.8. The van der Waals surface area contributed by atoms with E-state index in [-0.39, 0.29) is 24.5 Å². The number of ether oxygens (including phenoxy) is 1. The molecule has 1 spiro atoms. The minimum absolute atomic E-state index is 0.197. The van der Waals surface area contributed by atoms with Gasteiger partial charge in [-0.2, -0.15) is 0 Å². The first-order valence-electron chi connectivity index (χ1n) is 7.29. The van der Waals surface area contributed by atoms with Crippen LogP contribution >= 0.6 is 0 Å². The topological polar surface area (TPSA) is 66.8 Å². The fourth-order valence-electron chi connectivity index (χ4n) is 3.46. The van der Waals surface area contributed by atoms with Gasteiger partial charge in [0.15, 0.2) is 0 Å². The number of carboxylic acids is 1. The van der Waals surface area contributed by atoms with Crippen molar-refractivity contribution in [3.8, 4) is 0 Å².